The molecule has 3 rings (SSSR count). The zero-order valence-electron chi connectivity index (χ0n) is 14.8. The largest absolute Gasteiger partial charge is 0.497 e. The highest BCUT2D eigenvalue weighted by Gasteiger charge is 2.12. The standard InChI is InChI=1S/C19H26N4O2/c1-24-16-6-8-17(9-7-16)25-15-12-20-18-10-11-21-19(22-18)23-13-4-2-3-5-14-23/h6-11H,2-5,12-15H2,1H3,(H,20,21,22). The van der Waals surface area contributed by atoms with Crippen LogP contribution in [0.4, 0.5) is 11.8 Å². The first-order valence-corrected chi connectivity index (χ1v) is 8.94. The highest BCUT2D eigenvalue weighted by Crippen LogP contribution is 2.18. The molecule has 0 radical (unpaired) electrons. The number of ether oxygens (including phenoxy) is 2. The van der Waals surface area contributed by atoms with Crippen molar-refractivity contribution < 1.29 is 9.47 Å². The van der Waals surface area contributed by atoms with Gasteiger partial charge in [-0.1, -0.05) is 12.8 Å². The first-order chi connectivity index (χ1) is 12.3. The van der Waals surface area contributed by atoms with Gasteiger partial charge in [-0.3, -0.25) is 0 Å². The summed E-state index contributed by atoms with van der Waals surface area (Å²) < 4.78 is 10.9. The monoisotopic (exact) mass is 342 g/mol. The van der Waals surface area contributed by atoms with Crippen LogP contribution >= 0.6 is 0 Å². The second-order valence-corrected chi connectivity index (χ2v) is 6.09. The molecule has 0 saturated carbocycles. The molecule has 2 aromatic rings. The molecule has 0 amide bonds. The van der Waals surface area contributed by atoms with Crippen molar-refractivity contribution in [3.05, 3.63) is 36.5 Å². The van der Waals surface area contributed by atoms with Gasteiger partial charge in [0.25, 0.3) is 0 Å². The Labute approximate surface area is 149 Å². The van der Waals surface area contributed by atoms with Crippen LogP contribution in [0.2, 0.25) is 0 Å². The average Bonchev–Trinajstić information content (AvgIpc) is 2.95. The van der Waals surface area contributed by atoms with E-state index in [0.717, 1.165) is 36.4 Å². The second-order valence-electron chi connectivity index (χ2n) is 6.09. The second kappa shape index (κ2) is 9.11. The number of aromatic nitrogens is 2. The molecule has 134 valence electrons. The molecule has 1 N–H and O–H groups in total. The Kier molecular flexibility index (Phi) is 6.31. The molecule has 0 unspecified atom stereocenters. The van der Waals surface area contributed by atoms with Gasteiger partial charge in [0.15, 0.2) is 0 Å². The van der Waals surface area contributed by atoms with Gasteiger partial charge >= 0.3 is 0 Å². The molecule has 0 aliphatic carbocycles. The fourth-order valence-electron chi connectivity index (χ4n) is 2.89. The van der Waals surface area contributed by atoms with Crippen LogP contribution in [0.3, 0.4) is 0 Å². The molecule has 1 aliphatic rings. The topological polar surface area (TPSA) is 59.5 Å². The van der Waals surface area contributed by atoms with E-state index in [1.54, 1.807) is 7.11 Å². The number of nitrogens with one attached hydrogen (secondary N) is 1. The SMILES string of the molecule is COc1ccc(OCCNc2ccnc(N3CCCCCC3)n2)cc1. The summed E-state index contributed by atoms with van der Waals surface area (Å²) in [7, 11) is 1.65. The van der Waals surface area contributed by atoms with Crippen molar-refractivity contribution in [2.45, 2.75) is 25.7 Å². The quantitative estimate of drug-likeness (QED) is 0.779. The summed E-state index contributed by atoms with van der Waals surface area (Å²) in [4.78, 5) is 11.3. The summed E-state index contributed by atoms with van der Waals surface area (Å²) in [5.41, 5.74) is 0. The summed E-state index contributed by atoms with van der Waals surface area (Å²) in [6, 6.07) is 9.48. The summed E-state index contributed by atoms with van der Waals surface area (Å²) in [5.74, 6) is 3.32. The van der Waals surface area contributed by atoms with Gasteiger partial charge < -0.3 is 19.7 Å². The van der Waals surface area contributed by atoms with Gasteiger partial charge in [0, 0.05) is 19.3 Å². The fourth-order valence-corrected chi connectivity index (χ4v) is 2.89. The summed E-state index contributed by atoms with van der Waals surface area (Å²) >= 11 is 0. The third kappa shape index (κ3) is 5.24. The van der Waals surface area contributed by atoms with Gasteiger partial charge in [0.1, 0.15) is 23.9 Å². The summed E-state index contributed by atoms with van der Waals surface area (Å²) in [6.45, 7) is 3.34. The lowest BCUT2D eigenvalue weighted by Crippen LogP contribution is -2.26. The van der Waals surface area contributed by atoms with Crippen LogP contribution < -0.4 is 19.7 Å². The molecule has 25 heavy (non-hydrogen) atoms. The minimum absolute atomic E-state index is 0.565. The number of benzene rings is 1. The van der Waals surface area contributed by atoms with Crippen molar-refractivity contribution in [2.24, 2.45) is 0 Å². The lowest BCUT2D eigenvalue weighted by Gasteiger charge is -2.20. The number of hydrogen-bond acceptors (Lipinski definition) is 6. The van der Waals surface area contributed by atoms with Crippen molar-refractivity contribution in [1.82, 2.24) is 9.97 Å². The van der Waals surface area contributed by atoms with Crippen LogP contribution in [-0.2, 0) is 0 Å². The van der Waals surface area contributed by atoms with Crippen molar-refractivity contribution in [3.63, 3.8) is 0 Å². The van der Waals surface area contributed by atoms with Crippen LogP contribution in [0.5, 0.6) is 11.5 Å². The third-order valence-electron chi connectivity index (χ3n) is 4.27. The van der Waals surface area contributed by atoms with Crippen molar-refractivity contribution >= 4 is 11.8 Å². The molecule has 6 nitrogen and oxygen atoms in total. The predicted octanol–water partition coefficient (Wildman–Crippen LogP) is 3.36. The van der Waals surface area contributed by atoms with E-state index in [1.807, 2.05) is 36.5 Å². The zero-order chi connectivity index (χ0) is 17.3. The fraction of sp³-hybridized carbons (Fsp3) is 0.474. The molecule has 1 aromatic heterocycles. The van der Waals surface area contributed by atoms with E-state index in [9.17, 15) is 0 Å². The van der Waals surface area contributed by atoms with E-state index >= 15 is 0 Å². The van der Waals surface area contributed by atoms with E-state index in [0.29, 0.717) is 13.2 Å². The van der Waals surface area contributed by atoms with E-state index < -0.39 is 0 Å². The van der Waals surface area contributed by atoms with E-state index in [2.05, 4.69) is 20.2 Å². The Hall–Kier alpha value is -2.50. The van der Waals surface area contributed by atoms with Crippen LogP contribution in [-0.4, -0.2) is 43.3 Å². The molecular formula is C19H26N4O2. The van der Waals surface area contributed by atoms with Gasteiger partial charge in [-0.2, -0.15) is 4.98 Å². The number of hydrogen-bond donors (Lipinski definition) is 1. The first kappa shape index (κ1) is 17.3. The third-order valence-corrected chi connectivity index (χ3v) is 4.27. The van der Waals surface area contributed by atoms with Crippen molar-refractivity contribution in [3.8, 4) is 11.5 Å². The Balaban J connectivity index is 1.47. The zero-order valence-corrected chi connectivity index (χ0v) is 14.8. The van der Waals surface area contributed by atoms with Gasteiger partial charge in [0.2, 0.25) is 5.95 Å². The lowest BCUT2D eigenvalue weighted by molar-refractivity contribution is 0.331. The maximum absolute atomic E-state index is 5.72. The van der Waals surface area contributed by atoms with Crippen LogP contribution in [0.1, 0.15) is 25.7 Å². The highest BCUT2D eigenvalue weighted by molar-refractivity contribution is 5.41. The number of nitrogens with zero attached hydrogens (tertiary/aromatic N) is 3. The molecule has 2 heterocycles. The number of anilines is 2. The smallest absolute Gasteiger partial charge is 0.227 e. The number of rotatable bonds is 7. The molecule has 1 aliphatic heterocycles. The first-order valence-electron chi connectivity index (χ1n) is 8.94. The molecule has 6 heteroatoms. The van der Waals surface area contributed by atoms with Crippen LogP contribution in [0.15, 0.2) is 36.5 Å². The lowest BCUT2D eigenvalue weighted by atomic mass is 10.2. The van der Waals surface area contributed by atoms with Gasteiger partial charge in [-0.25, -0.2) is 4.98 Å². The Morgan fingerprint density at radius 1 is 1.00 bits per heavy atom. The van der Waals surface area contributed by atoms with Crippen LogP contribution in [0, 0.1) is 0 Å². The maximum Gasteiger partial charge on any atom is 0.227 e. The minimum atomic E-state index is 0.565. The number of methoxy groups -OCH3 is 1. The highest BCUT2D eigenvalue weighted by atomic mass is 16.5. The Morgan fingerprint density at radius 3 is 2.44 bits per heavy atom. The van der Waals surface area contributed by atoms with E-state index in [4.69, 9.17) is 9.47 Å². The van der Waals surface area contributed by atoms with Crippen molar-refractivity contribution in [2.75, 3.05) is 43.6 Å². The normalized spacial score (nSPS) is 14.7. The molecule has 1 saturated heterocycles. The average molecular weight is 342 g/mol. The summed E-state index contributed by atoms with van der Waals surface area (Å²) in [6.07, 6.45) is 6.86. The maximum atomic E-state index is 5.72. The molecule has 0 atom stereocenters. The molecule has 1 aromatic carbocycles. The van der Waals surface area contributed by atoms with E-state index in [1.165, 1.54) is 25.7 Å². The molecule has 1 fully saturated rings. The van der Waals surface area contributed by atoms with E-state index in [-0.39, 0.29) is 0 Å². The van der Waals surface area contributed by atoms with Crippen LogP contribution in [0.25, 0.3) is 0 Å². The molecule has 0 spiro atoms. The van der Waals surface area contributed by atoms with Gasteiger partial charge in [-0.15, -0.1) is 0 Å². The predicted molar refractivity (Wildman–Crippen MR) is 99.7 cm³/mol. The van der Waals surface area contributed by atoms with Crippen molar-refractivity contribution in [1.29, 1.82) is 0 Å². The molecule has 0 bridgehead atoms. The Morgan fingerprint density at radius 2 is 1.72 bits per heavy atom. The minimum Gasteiger partial charge on any atom is -0.497 e. The van der Waals surface area contributed by atoms with Gasteiger partial charge in [0.05, 0.1) is 13.7 Å². The molecular weight excluding hydrogens is 316 g/mol. The van der Waals surface area contributed by atoms with Gasteiger partial charge in [-0.05, 0) is 43.2 Å². The summed E-state index contributed by atoms with van der Waals surface area (Å²) in [5, 5.41) is 3.31. The Bertz CT molecular complexity index is 640.